The summed E-state index contributed by atoms with van der Waals surface area (Å²) in [5.41, 5.74) is 0. The van der Waals surface area contributed by atoms with Gasteiger partial charge in [-0.15, -0.1) is 0 Å². The topological polar surface area (TPSA) is 605 Å². The third-order valence-corrected chi connectivity index (χ3v) is 23.2. The van der Waals surface area contributed by atoms with Gasteiger partial charge in [-0.1, -0.05) is 200 Å². The Labute approximate surface area is 672 Å². The van der Waals surface area contributed by atoms with Gasteiger partial charge in [-0.3, -0.25) is 18.6 Å². The molecule has 6 rings (SSSR count). The first kappa shape index (κ1) is 102. The summed E-state index contributed by atoms with van der Waals surface area (Å²) < 4.78 is 93.1. The number of phosphoric ester groups is 1. The van der Waals surface area contributed by atoms with Gasteiger partial charge in [0.15, 0.2) is 37.6 Å². The molecule has 115 heavy (non-hydrogen) atoms. The van der Waals surface area contributed by atoms with Crippen LogP contribution in [0.2, 0.25) is 0 Å². The Morgan fingerprint density at radius 2 is 0.574 bits per heavy atom. The number of carbonyl (C=O) groups is 2. The third kappa shape index (κ3) is 32.5. The zero-order valence-corrected chi connectivity index (χ0v) is 67.4. The van der Waals surface area contributed by atoms with Gasteiger partial charge >= 0.3 is 19.8 Å². The molecule has 38 nitrogen and oxygen atoms in total. The summed E-state index contributed by atoms with van der Waals surface area (Å²) in [6.45, 7) is -1.85. The standard InChI is InChI=1S/C76H139O38P/c1-3-5-7-9-11-13-15-17-19-21-22-24-26-28-30-32-34-49(79)101-38-43(106-50(80)35-33-31-29-27-25-23-20-18-16-14-12-10-8-6-4-2)39-105-115(99,100)114-71-69(112-75-67(97)57(87)52(82)45(37-78)108-75)62(92)61(91)63(93)70(71)113-76-68(98)60(90)55(85)48(111-76)42-104-74-66(96)59(89)54(84)47(110-74)41-103-73-65(95)58(88)53(83)46(109-73)40-102-72-64(94)56(86)51(81)44(36-77)107-72/h43-48,51-78,81-98H,3-42H2,1-2H3,(H,99,100)/t43-,44?,45?,46?,47?,48?,51+,52-,53+,54+,55+,56?,57?,58?,59?,60?,61+,62?,63?,64+,65+,66+,67-,68+,69-,70?,71+,72-,73-,74-,75-,76+/m1/s1. The van der Waals surface area contributed by atoms with Crippen LogP contribution in [0.25, 0.3) is 0 Å². The maximum Gasteiger partial charge on any atom is 0.472 e. The Bertz CT molecular complexity index is 2650. The van der Waals surface area contributed by atoms with Crippen LogP contribution in [0.4, 0.5) is 0 Å². The number of phosphoric acid groups is 1. The minimum absolute atomic E-state index is 0.0143. The van der Waals surface area contributed by atoms with E-state index in [0.717, 1.165) is 64.2 Å². The predicted molar refractivity (Wildman–Crippen MR) is 398 cm³/mol. The van der Waals surface area contributed by atoms with Crippen molar-refractivity contribution in [2.24, 2.45) is 0 Å². The molecular weight excluding hydrogens is 1550 g/mol. The maximum atomic E-state index is 14.5. The minimum atomic E-state index is -5.86. The molecule has 6 fully saturated rings. The van der Waals surface area contributed by atoms with Crippen molar-refractivity contribution in [1.82, 2.24) is 0 Å². The van der Waals surface area contributed by atoms with Crippen LogP contribution in [0.5, 0.6) is 0 Å². The molecule has 33 atom stereocenters. The van der Waals surface area contributed by atoms with Crippen molar-refractivity contribution in [3.63, 3.8) is 0 Å². The van der Waals surface area contributed by atoms with Crippen LogP contribution in [0.3, 0.4) is 0 Å². The van der Waals surface area contributed by atoms with Gasteiger partial charge in [-0.2, -0.15) is 0 Å². The molecule has 0 aromatic carbocycles. The first-order chi connectivity index (χ1) is 55.0. The summed E-state index contributed by atoms with van der Waals surface area (Å²) in [6.07, 6.45) is -32.7. The first-order valence-corrected chi connectivity index (χ1v) is 43.4. The largest absolute Gasteiger partial charge is 0.472 e. The molecule has 0 bridgehead atoms. The Balaban J connectivity index is 1.12. The quantitative estimate of drug-likeness (QED) is 0.0193. The van der Waals surface area contributed by atoms with Crippen LogP contribution in [-0.2, 0) is 80.0 Å². The van der Waals surface area contributed by atoms with E-state index in [1.165, 1.54) is 116 Å². The summed E-state index contributed by atoms with van der Waals surface area (Å²) in [5.74, 6) is -1.46. The van der Waals surface area contributed by atoms with Crippen LogP contribution in [0.15, 0.2) is 0 Å². The lowest BCUT2D eigenvalue weighted by Gasteiger charge is -2.49. The average molecular weight is 1690 g/mol. The van der Waals surface area contributed by atoms with E-state index in [2.05, 4.69) is 13.8 Å². The van der Waals surface area contributed by atoms with E-state index in [1.54, 1.807) is 0 Å². The van der Waals surface area contributed by atoms with Crippen LogP contribution < -0.4 is 0 Å². The lowest BCUT2D eigenvalue weighted by Crippen LogP contribution is -2.69. The molecule has 39 heteroatoms. The van der Waals surface area contributed by atoms with E-state index < -0.39 is 262 Å². The SMILES string of the molecule is CCCCCCCCCCCCCCCCCCC(=O)OC[C@H](COP(=O)(O)O[C@@H]1C(O[C@@H]2OC(CO[C@@H]3OC(CO[C@@H]4OC(CO[C@@H]5OC(CO)[C@H](O)C(O)[C@@H]5O)[C@H](O)C(O)[C@@H]4O)[C@H](O)C(O)[C@@H]3O)[C@H](O)C(O)[C@@H]2O)C(O)[C@@H](O)C(O)[C@H]1O[C@H]1OC(CO)[C@@H](O)C(O)[C@H]1O)OC(=O)CCCCCCCCCCCCCCCCC. The number of rotatable bonds is 56. The van der Waals surface area contributed by atoms with Crippen molar-refractivity contribution in [2.75, 3.05) is 46.2 Å². The molecule has 0 aromatic rings. The average Bonchev–Trinajstić information content (AvgIpc) is 0.759. The number of hydrogen-bond acceptors (Lipinski definition) is 37. The van der Waals surface area contributed by atoms with Crippen molar-refractivity contribution in [3.05, 3.63) is 0 Å². The summed E-state index contributed by atoms with van der Waals surface area (Å²) in [7, 11) is -5.86. The highest BCUT2D eigenvalue weighted by atomic mass is 31.2. The van der Waals surface area contributed by atoms with E-state index in [1.807, 2.05) is 0 Å². The van der Waals surface area contributed by atoms with E-state index in [9.17, 15) is 121 Å². The first-order valence-electron chi connectivity index (χ1n) is 41.9. The molecule has 0 aromatic heterocycles. The van der Waals surface area contributed by atoms with Crippen molar-refractivity contribution < 1.29 is 187 Å². The molecule has 5 saturated heterocycles. The summed E-state index contributed by atoms with van der Waals surface area (Å²) in [6, 6.07) is 0. The highest BCUT2D eigenvalue weighted by Gasteiger charge is 2.59. The normalized spacial score (nSPS) is 37.5. The Kier molecular flexibility index (Phi) is 47.5. The predicted octanol–water partition coefficient (Wildman–Crippen LogP) is -1.20. The molecule has 5 aliphatic heterocycles. The van der Waals surface area contributed by atoms with Crippen LogP contribution in [0, 0.1) is 0 Å². The molecule has 14 unspecified atom stereocenters. The van der Waals surface area contributed by atoms with Gasteiger partial charge in [-0.25, -0.2) is 4.57 Å². The molecule has 0 spiro atoms. The molecular formula is C76H139O38P. The van der Waals surface area contributed by atoms with E-state index in [-0.39, 0.29) is 12.8 Å². The second-order valence-electron chi connectivity index (χ2n) is 31.5. The van der Waals surface area contributed by atoms with Gasteiger partial charge in [0.25, 0.3) is 0 Å². The number of aliphatic hydroxyl groups excluding tert-OH is 20. The van der Waals surface area contributed by atoms with E-state index in [0.29, 0.717) is 19.3 Å². The molecule has 0 amide bonds. The second-order valence-corrected chi connectivity index (χ2v) is 32.9. The third-order valence-electron chi connectivity index (χ3n) is 22.2. The lowest BCUT2D eigenvalue weighted by molar-refractivity contribution is -0.365. The van der Waals surface area contributed by atoms with Gasteiger partial charge in [-0.05, 0) is 12.8 Å². The van der Waals surface area contributed by atoms with Gasteiger partial charge < -0.3 is 164 Å². The highest BCUT2D eigenvalue weighted by Crippen LogP contribution is 2.49. The summed E-state index contributed by atoms with van der Waals surface area (Å²) >= 11 is 0. The fourth-order valence-corrected chi connectivity index (χ4v) is 15.8. The number of ether oxygens (including phenoxy) is 12. The van der Waals surface area contributed by atoms with Crippen molar-refractivity contribution in [1.29, 1.82) is 0 Å². The number of carbonyl (C=O) groups excluding carboxylic acids is 2. The number of hydrogen-bond donors (Lipinski definition) is 21. The number of unbranched alkanes of at least 4 members (excludes halogenated alkanes) is 29. The van der Waals surface area contributed by atoms with Gasteiger partial charge in [0, 0.05) is 12.8 Å². The molecule has 0 radical (unpaired) electrons. The number of esters is 2. The minimum Gasteiger partial charge on any atom is -0.462 e. The Hall–Kier alpha value is -2.15. The van der Waals surface area contributed by atoms with Crippen molar-refractivity contribution in [2.45, 2.75) is 422 Å². The van der Waals surface area contributed by atoms with Gasteiger partial charge in [0.05, 0.1) is 39.6 Å². The zero-order chi connectivity index (χ0) is 84.3. The molecule has 5 heterocycles. The summed E-state index contributed by atoms with van der Waals surface area (Å²) in [4.78, 5) is 38.4. The summed E-state index contributed by atoms with van der Waals surface area (Å²) in [5, 5.41) is 217. The maximum absolute atomic E-state index is 14.5. The number of aliphatic hydroxyl groups is 20. The van der Waals surface area contributed by atoms with Crippen LogP contribution in [0.1, 0.15) is 226 Å². The smallest absolute Gasteiger partial charge is 0.462 e. The molecule has 676 valence electrons. The van der Waals surface area contributed by atoms with Crippen molar-refractivity contribution in [3.8, 4) is 0 Å². The zero-order valence-electron chi connectivity index (χ0n) is 66.5. The van der Waals surface area contributed by atoms with Gasteiger partial charge in [0.2, 0.25) is 0 Å². The van der Waals surface area contributed by atoms with Gasteiger partial charge in [0.1, 0.15) is 165 Å². The van der Waals surface area contributed by atoms with E-state index in [4.69, 9.17) is 65.9 Å². The highest BCUT2D eigenvalue weighted by molar-refractivity contribution is 7.47. The monoisotopic (exact) mass is 1690 g/mol. The molecule has 21 N–H and O–H groups in total. The van der Waals surface area contributed by atoms with Crippen LogP contribution >= 0.6 is 7.82 Å². The van der Waals surface area contributed by atoms with E-state index >= 15 is 0 Å². The fraction of sp³-hybridized carbons (Fsp3) is 0.974. The Morgan fingerprint density at radius 3 is 0.896 bits per heavy atom. The van der Waals surface area contributed by atoms with Crippen molar-refractivity contribution >= 4 is 19.8 Å². The molecule has 1 aliphatic carbocycles. The van der Waals surface area contributed by atoms with Crippen LogP contribution in [-0.4, -0.2) is 361 Å². The molecule has 1 saturated carbocycles. The second kappa shape index (κ2) is 53.8. The molecule has 6 aliphatic rings. The Morgan fingerprint density at radius 1 is 0.313 bits per heavy atom. The lowest BCUT2D eigenvalue weighted by atomic mass is 9.84. The fourth-order valence-electron chi connectivity index (χ4n) is 14.9.